The summed E-state index contributed by atoms with van der Waals surface area (Å²) in [5.41, 5.74) is 1.66. The first-order chi connectivity index (χ1) is 13.3. The Kier molecular flexibility index (Phi) is 3.69. The lowest BCUT2D eigenvalue weighted by molar-refractivity contribution is 0.186. The van der Waals surface area contributed by atoms with Crippen molar-refractivity contribution < 1.29 is 12.8 Å². The van der Waals surface area contributed by atoms with Gasteiger partial charge in [-0.1, -0.05) is 6.07 Å². The normalized spacial score (nSPS) is 22.3. The Bertz CT molecular complexity index is 1320. The minimum absolute atomic E-state index is 0.00503. The molecule has 2 bridgehead atoms. The van der Waals surface area contributed by atoms with Gasteiger partial charge in [-0.3, -0.25) is 9.36 Å². The lowest BCUT2D eigenvalue weighted by Gasteiger charge is -2.42. The quantitative estimate of drug-likeness (QED) is 0.641. The maximum atomic E-state index is 13.3. The summed E-state index contributed by atoms with van der Waals surface area (Å²) in [5, 5.41) is 0. The fourth-order valence-corrected chi connectivity index (χ4v) is 6.05. The summed E-state index contributed by atoms with van der Waals surface area (Å²) in [7, 11) is -2.16. The van der Waals surface area contributed by atoms with Gasteiger partial charge in [0.2, 0.25) is 10.0 Å². The Morgan fingerprint density at radius 1 is 1.07 bits per heavy atom. The Hall–Kier alpha value is -2.65. The number of hydrogen-bond donors (Lipinski definition) is 0. The van der Waals surface area contributed by atoms with Gasteiger partial charge in [0.15, 0.2) is 5.58 Å². The average Bonchev–Trinajstić information content (AvgIpc) is 2.96. The van der Waals surface area contributed by atoms with Crippen molar-refractivity contribution in [3.8, 4) is 0 Å². The summed E-state index contributed by atoms with van der Waals surface area (Å²) in [6, 6.07) is 9.69. The number of benzene rings is 1. The van der Waals surface area contributed by atoms with Crippen LogP contribution < -0.4 is 11.3 Å². The molecule has 146 valence electrons. The molecule has 28 heavy (non-hydrogen) atoms. The van der Waals surface area contributed by atoms with Crippen LogP contribution >= 0.6 is 0 Å². The standard InChI is InChI=1S/C19H19N3O5S/c1-20-16-6-5-14(8-17(16)27-19(20)24)28(25,26)21-9-12-7-13(11-21)15-3-2-4-18(23)22(15)10-12/h2-6,8,12-13H,7,9-11H2,1H3. The Morgan fingerprint density at radius 3 is 2.71 bits per heavy atom. The molecule has 0 amide bonds. The van der Waals surface area contributed by atoms with Crippen LogP contribution in [0, 0.1) is 5.92 Å². The Balaban J connectivity index is 1.53. The number of hydrogen-bond acceptors (Lipinski definition) is 5. The van der Waals surface area contributed by atoms with Crippen molar-refractivity contribution in [1.82, 2.24) is 13.4 Å². The summed E-state index contributed by atoms with van der Waals surface area (Å²) >= 11 is 0. The van der Waals surface area contributed by atoms with E-state index in [1.807, 2.05) is 6.07 Å². The lowest BCUT2D eigenvalue weighted by Crippen LogP contribution is -2.48. The first-order valence-corrected chi connectivity index (χ1v) is 10.6. The van der Waals surface area contributed by atoms with E-state index in [4.69, 9.17) is 4.42 Å². The Morgan fingerprint density at radius 2 is 1.89 bits per heavy atom. The van der Waals surface area contributed by atoms with Crippen LogP contribution in [-0.4, -0.2) is 34.9 Å². The van der Waals surface area contributed by atoms with E-state index in [-0.39, 0.29) is 27.9 Å². The lowest BCUT2D eigenvalue weighted by atomic mass is 9.84. The van der Waals surface area contributed by atoms with Gasteiger partial charge in [0, 0.05) is 50.4 Å². The first-order valence-electron chi connectivity index (χ1n) is 9.14. The molecular formula is C19H19N3O5S. The highest BCUT2D eigenvalue weighted by Gasteiger charge is 2.39. The predicted octanol–water partition coefficient (Wildman–Crippen LogP) is 1.10. The fourth-order valence-electron chi connectivity index (χ4n) is 4.47. The Labute approximate surface area is 160 Å². The molecule has 2 aliphatic rings. The van der Waals surface area contributed by atoms with Gasteiger partial charge < -0.3 is 8.98 Å². The molecule has 1 aromatic carbocycles. The monoisotopic (exact) mass is 401 g/mol. The maximum Gasteiger partial charge on any atom is 0.419 e. The van der Waals surface area contributed by atoms with Gasteiger partial charge >= 0.3 is 5.76 Å². The van der Waals surface area contributed by atoms with E-state index in [2.05, 4.69) is 0 Å². The molecule has 4 heterocycles. The average molecular weight is 401 g/mol. The number of rotatable bonds is 2. The third-order valence-electron chi connectivity index (χ3n) is 5.85. The zero-order chi connectivity index (χ0) is 19.6. The van der Waals surface area contributed by atoms with Gasteiger partial charge in [-0.25, -0.2) is 13.2 Å². The van der Waals surface area contributed by atoms with Crippen LogP contribution in [0.4, 0.5) is 0 Å². The van der Waals surface area contributed by atoms with Crippen molar-refractivity contribution in [2.24, 2.45) is 13.0 Å². The summed E-state index contributed by atoms with van der Waals surface area (Å²) in [6.07, 6.45) is 0.877. The zero-order valence-electron chi connectivity index (χ0n) is 15.2. The number of sulfonamides is 1. The van der Waals surface area contributed by atoms with Crippen molar-refractivity contribution in [2.45, 2.75) is 23.8 Å². The molecule has 0 radical (unpaired) electrons. The van der Waals surface area contributed by atoms with Crippen LogP contribution in [-0.2, 0) is 23.6 Å². The van der Waals surface area contributed by atoms with Crippen LogP contribution in [0.5, 0.6) is 0 Å². The van der Waals surface area contributed by atoms with Gasteiger partial charge in [0.25, 0.3) is 5.56 Å². The van der Waals surface area contributed by atoms with Crippen LogP contribution in [0.1, 0.15) is 18.0 Å². The molecule has 1 saturated heterocycles. The van der Waals surface area contributed by atoms with Crippen LogP contribution in [0.2, 0.25) is 0 Å². The minimum atomic E-state index is -3.74. The summed E-state index contributed by atoms with van der Waals surface area (Å²) in [4.78, 5) is 23.9. The van der Waals surface area contributed by atoms with E-state index >= 15 is 0 Å². The molecule has 3 aromatic rings. The molecule has 0 aliphatic carbocycles. The van der Waals surface area contributed by atoms with Crippen molar-refractivity contribution >= 4 is 21.1 Å². The van der Waals surface area contributed by atoms with E-state index < -0.39 is 15.8 Å². The van der Waals surface area contributed by atoms with Crippen LogP contribution in [0.3, 0.4) is 0 Å². The molecule has 1 fully saturated rings. The fraction of sp³-hybridized carbons (Fsp3) is 0.368. The molecule has 0 saturated carbocycles. The van der Waals surface area contributed by atoms with Crippen molar-refractivity contribution in [1.29, 1.82) is 0 Å². The third kappa shape index (κ3) is 2.50. The second-order valence-electron chi connectivity index (χ2n) is 7.58. The summed E-state index contributed by atoms with van der Waals surface area (Å²) < 4.78 is 36.3. The van der Waals surface area contributed by atoms with Gasteiger partial charge in [-0.05, 0) is 30.5 Å². The van der Waals surface area contributed by atoms with Crippen molar-refractivity contribution in [3.05, 3.63) is 63.0 Å². The smallest absolute Gasteiger partial charge is 0.408 e. The molecular weight excluding hydrogens is 382 g/mol. The zero-order valence-corrected chi connectivity index (χ0v) is 16.1. The predicted molar refractivity (Wildman–Crippen MR) is 102 cm³/mol. The summed E-state index contributed by atoms with van der Waals surface area (Å²) in [5.74, 6) is -0.437. The number of aryl methyl sites for hydroxylation is 1. The molecule has 2 aliphatic heterocycles. The van der Waals surface area contributed by atoms with E-state index in [1.165, 1.54) is 21.0 Å². The number of pyridine rings is 1. The van der Waals surface area contributed by atoms with Gasteiger partial charge in [-0.15, -0.1) is 0 Å². The third-order valence-corrected chi connectivity index (χ3v) is 7.68. The van der Waals surface area contributed by atoms with E-state index in [0.717, 1.165) is 12.1 Å². The SMILES string of the molecule is Cn1c(=O)oc2cc(S(=O)(=O)N3CC4CC(C3)c3cccc(=O)n3C4)ccc21. The maximum absolute atomic E-state index is 13.3. The second-order valence-corrected chi connectivity index (χ2v) is 9.51. The molecule has 9 heteroatoms. The summed E-state index contributed by atoms with van der Waals surface area (Å²) in [6.45, 7) is 1.24. The van der Waals surface area contributed by atoms with E-state index in [1.54, 1.807) is 29.8 Å². The number of nitrogens with zero attached hydrogens (tertiary/aromatic N) is 3. The van der Waals surface area contributed by atoms with Gasteiger partial charge in [0.05, 0.1) is 10.4 Å². The highest BCUT2D eigenvalue weighted by atomic mass is 32.2. The van der Waals surface area contributed by atoms with E-state index in [9.17, 15) is 18.0 Å². The largest absolute Gasteiger partial charge is 0.419 e. The number of piperidine rings is 1. The van der Waals surface area contributed by atoms with Crippen LogP contribution in [0.25, 0.3) is 11.1 Å². The van der Waals surface area contributed by atoms with Gasteiger partial charge in [0.1, 0.15) is 0 Å². The van der Waals surface area contributed by atoms with Crippen molar-refractivity contribution in [3.63, 3.8) is 0 Å². The van der Waals surface area contributed by atoms with Crippen molar-refractivity contribution in [2.75, 3.05) is 13.1 Å². The number of fused-ring (bicyclic) bond motifs is 5. The molecule has 2 aromatic heterocycles. The minimum Gasteiger partial charge on any atom is -0.408 e. The highest BCUT2D eigenvalue weighted by molar-refractivity contribution is 7.89. The molecule has 2 unspecified atom stereocenters. The number of aromatic nitrogens is 2. The first kappa shape index (κ1) is 17.4. The van der Waals surface area contributed by atoms with E-state index in [0.29, 0.717) is 25.2 Å². The topological polar surface area (TPSA) is 94.5 Å². The molecule has 0 spiro atoms. The van der Waals surface area contributed by atoms with Gasteiger partial charge in [-0.2, -0.15) is 4.31 Å². The molecule has 8 nitrogen and oxygen atoms in total. The highest BCUT2D eigenvalue weighted by Crippen LogP contribution is 2.37. The van der Waals surface area contributed by atoms with Crippen LogP contribution in [0.15, 0.2) is 55.3 Å². The number of oxazole rings is 1. The molecule has 0 N–H and O–H groups in total. The molecule has 5 rings (SSSR count). The molecule has 2 atom stereocenters. The second kappa shape index (κ2) is 5.92.